The molecule has 0 saturated carbocycles. The van der Waals surface area contributed by atoms with Crippen molar-refractivity contribution in [2.75, 3.05) is 11.6 Å². The van der Waals surface area contributed by atoms with E-state index in [1.807, 2.05) is 17.7 Å². The van der Waals surface area contributed by atoms with Crippen LogP contribution in [0.3, 0.4) is 0 Å². The van der Waals surface area contributed by atoms with Crippen LogP contribution in [0.2, 0.25) is 5.02 Å². The molecule has 3 aromatic rings. The summed E-state index contributed by atoms with van der Waals surface area (Å²) in [6.07, 6.45) is 0.777. The van der Waals surface area contributed by atoms with Crippen molar-refractivity contribution in [3.63, 3.8) is 0 Å². The van der Waals surface area contributed by atoms with Crippen molar-refractivity contribution in [3.8, 4) is 5.69 Å². The van der Waals surface area contributed by atoms with Gasteiger partial charge in [-0.1, -0.05) is 23.4 Å². The summed E-state index contributed by atoms with van der Waals surface area (Å²) < 4.78 is 7.10. The van der Waals surface area contributed by atoms with Crippen LogP contribution in [0.1, 0.15) is 33.5 Å². The van der Waals surface area contributed by atoms with Crippen LogP contribution in [-0.4, -0.2) is 50.1 Å². The average molecular weight is 475 g/mol. The van der Waals surface area contributed by atoms with E-state index in [9.17, 15) is 14.4 Å². The number of carboxylic acid groups (broad SMARTS) is 1. The number of halogens is 1. The third kappa shape index (κ3) is 5.09. The Bertz CT molecular complexity index is 1180. The largest absolute Gasteiger partial charge is 0.478 e. The normalized spacial score (nSPS) is 11.6. The molecule has 0 aliphatic rings. The molecule has 0 radical (unpaired) electrons. The molecule has 1 amide bonds. The number of thioether (sulfide) groups is 1. The number of aromatic nitrogens is 3. The maximum Gasteiger partial charge on any atom is 0.338 e. The number of aryl methyl sites for hydroxylation is 1. The summed E-state index contributed by atoms with van der Waals surface area (Å²) >= 11 is 7.27. The number of hydrogen-bond acceptors (Lipinski definition) is 7. The molecule has 1 unspecified atom stereocenters. The van der Waals surface area contributed by atoms with Crippen LogP contribution in [0, 0.1) is 6.92 Å². The summed E-state index contributed by atoms with van der Waals surface area (Å²) in [5.41, 5.74) is 1.13. The van der Waals surface area contributed by atoms with E-state index in [4.69, 9.17) is 21.4 Å². The summed E-state index contributed by atoms with van der Waals surface area (Å²) in [7, 11) is 0. The minimum absolute atomic E-state index is 0.0461. The second kappa shape index (κ2) is 9.84. The molecular weight excluding hydrogens is 456 g/mol. The number of esters is 1. The molecule has 3 rings (SSSR count). The second-order valence-corrected chi connectivity index (χ2v) is 7.83. The number of aromatic carboxylic acids is 1. The van der Waals surface area contributed by atoms with Crippen molar-refractivity contribution in [2.24, 2.45) is 0 Å². The molecule has 166 valence electrons. The lowest BCUT2D eigenvalue weighted by Crippen LogP contribution is -2.30. The number of carbonyl (C=O) groups excluding carboxylic acids is 2. The van der Waals surface area contributed by atoms with E-state index in [1.165, 1.54) is 36.9 Å². The van der Waals surface area contributed by atoms with E-state index in [1.54, 1.807) is 24.3 Å². The molecule has 9 nitrogen and oxygen atoms in total. The predicted molar refractivity (Wildman–Crippen MR) is 120 cm³/mol. The Hall–Kier alpha value is -3.37. The third-order valence-corrected chi connectivity index (χ3v) is 5.42. The maximum atomic E-state index is 12.5. The summed E-state index contributed by atoms with van der Waals surface area (Å²) in [4.78, 5) is 36.0. The van der Waals surface area contributed by atoms with Crippen LogP contribution in [0.4, 0.5) is 5.69 Å². The Balaban J connectivity index is 1.66. The molecule has 0 spiro atoms. The van der Waals surface area contributed by atoms with Gasteiger partial charge in [0.15, 0.2) is 11.3 Å². The highest BCUT2D eigenvalue weighted by atomic mass is 35.5. The van der Waals surface area contributed by atoms with Crippen LogP contribution >= 0.6 is 23.4 Å². The molecular formula is C21H19ClN4O5S. The molecule has 11 heteroatoms. The van der Waals surface area contributed by atoms with E-state index < -0.39 is 23.9 Å². The molecule has 0 bridgehead atoms. The highest BCUT2D eigenvalue weighted by Crippen LogP contribution is 2.22. The van der Waals surface area contributed by atoms with Crippen LogP contribution in [0.5, 0.6) is 0 Å². The lowest BCUT2D eigenvalue weighted by molar-refractivity contribution is -0.123. The molecule has 1 aromatic heterocycles. The Kier molecular flexibility index (Phi) is 7.16. The number of nitrogens with one attached hydrogen (secondary N) is 1. The Morgan fingerprint density at radius 3 is 2.47 bits per heavy atom. The first kappa shape index (κ1) is 23.3. The first-order chi connectivity index (χ1) is 15.2. The smallest absolute Gasteiger partial charge is 0.338 e. The van der Waals surface area contributed by atoms with Crippen molar-refractivity contribution in [3.05, 3.63) is 64.4 Å². The van der Waals surface area contributed by atoms with Crippen molar-refractivity contribution in [1.29, 1.82) is 0 Å². The molecule has 0 fully saturated rings. The van der Waals surface area contributed by atoms with Gasteiger partial charge >= 0.3 is 11.9 Å². The van der Waals surface area contributed by atoms with E-state index in [0.717, 1.165) is 10.8 Å². The first-order valence-corrected chi connectivity index (χ1v) is 10.9. The van der Waals surface area contributed by atoms with Gasteiger partial charge in [0, 0.05) is 11.4 Å². The van der Waals surface area contributed by atoms with E-state index in [-0.39, 0.29) is 21.8 Å². The van der Waals surface area contributed by atoms with Crippen molar-refractivity contribution in [1.82, 2.24) is 14.8 Å². The molecule has 0 saturated heterocycles. The van der Waals surface area contributed by atoms with Crippen LogP contribution in [0.25, 0.3) is 5.69 Å². The Morgan fingerprint density at radius 2 is 1.84 bits per heavy atom. The number of nitrogens with zero attached hydrogens (tertiary/aromatic N) is 3. The topological polar surface area (TPSA) is 123 Å². The van der Waals surface area contributed by atoms with Gasteiger partial charge in [-0.2, -0.15) is 0 Å². The SMILES string of the molecule is CSc1nnc(C)n1-c1ccc(C(=O)OC(C)C(=O)Nc2ccc(Cl)c(C(=O)O)c2)cc1. The van der Waals surface area contributed by atoms with Gasteiger partial charge < -0.3 is 15.2 Å². The van der Waals surface area contributed by atoms with Crippen LogP contribution in [0.15, 0.2) is 47.6 Å². The minimum Gasteiger partial charge on any atom is -0.478 e. The highest BCUT2D eigenvalue weighted by molar-refractivity contribution is 7.98. The number of carbonyl (C=O) groups is 3. The number of ether oxygens (including phenoxy) is 1. The van der Waals surface area contributed by atoms with E-state index in [2.05, 4.69) is 15.5 Å². The van der Waals surface area contributed by atoms with Gasteiger partial charge in [-0.25, -0.2) is 9.59 Å². The van der Waals surface area contributed by atoms with E-state index >= 15 is 0 Å². The third-order valence-electron chi connectivity index (χ3n) is 4.46. The fourth-order valence-electron chi connectivity index (χ4n) is 2.81. The summed E-state index contributed by atoms with van der Waals surface area (Å²) in [6.45, 7) is 3.25. The Morgan fingerprint density at radius 1 is 1.16 bits per heavy atom. The van der Waals surface area contributed by atoms with Crippen molar-refractivity contribution >= 4 is 46.9 Å². The van der Waals surface area contributed by atoms with Crippen LogP contribution < -0.4 is 5.32 Å². The van der Waals surface area contributed by atoms with Gasteiger partial charge in [0.1, 0.15) is 5.82 Å². The zero-order chi connectivity index (χ0) is 23.4. The number of carboxylic acids is 1. The molecule has 1 heterocycles. The summed E-state index contributed by atoms with van der Waals surface area (Å²) in [6, 6.07) is 10.7. The number of benzene rings is 2. The monoisotopic (exact) mass is 474 g/mol. The Labute approximate surface area is 192 Å². The first-order valence-electron chi connectivity index (χ1n) is 9.32. The fourth-order valence-corrected chi connectivity index (χ4v) is 3.55. The molecule has 2 N–H and O–H groups in total. The lowest BCUT2D eigenvalue weighted by atomic mass is 10.2. The molecule has 0 aliphatic heterocycles. The van der Waals surface area contributed by atoms with Crippen molar-refractivity contribution in [2.45, 2.75) is 25.1 Å². The highest BCUT2D eigenvalue weighted by Gasteiger charge is 2.20. The van der Waals surface area contributed by atoms with Gasteiger partial charge in [-0.15, -0.1) is 10.2 Å². The number of amides is 1. The van der Waals surface area contributed by atoms with Crippen molar-refractivity contribution < 1.29 is 24.2 Å². The number of anilines is 1. The van der Waals surface area contributed by atoms with Gasteiger partial charge in [-0.05, 0) is 62.6 Å². The predicted octanol–water partition coefficient (Wildman–Crippen LogP) is 3.83. The molecule has 1 atom stereocenters. The zero-order valence-electron chi connectivity index (χ0n) is 17.3. The summed E-state index contributed by atoms with van der Waals surface area (Å²) in [5, 5.41) is 20.5. The van der Waals surface area contributed by atoms with Gasteiger partial charge in [0.05, 0.1) is 16.1 Å². The van der Waals surface area contributed by atoms with Crippen LogP contribution in [-0.2, 0) is 9.53 Å². The second-order valence-electron chi connectivity index (χ2n) is 6.65. The lowest BCUT2D eigenvalue weighted by Gasteiger charge is -2.14. The maximum absolute atomic E-state index is 12.5. The average Bonchev–Trinajstić information content (AvgIpc) is 3.15. The van der Waals surface area contributed by atoms with Gasteiger partial charge in [-0.3, -0.25) is 9.36 Å². The molecule has 2 aromatic carbocycles. The molecule has 32 heavy (non-hydrogen) atoms. The van der Waals surface area contributed by atoms with E-state index in [0.29, 0.717) is 5.82 Å². The number of rotatable bonds is 7. The standard InChI is InChI=1S/C21H19ClN4O5S/c1-11(18(27)23-14-6-9-17(22)16(10-14)19(28)29)31-20(30)13-4-7-15(8-5-13)26-12(2)24-25-21(26)32-3/h4-11H,1-3H3,(H,23,27)(H,28,29). The zero-order valence-corrected chi connectivity index (χ0v) is 18.9. The van der Waals surface area contributed by atoms with Gasteiger partial charge in [0.25, 0.3) is 5.91 Å². The molecule has 0 aliphatic carbocycles. The quantitative estimate of drug-likeness (QED) is 0.391. The summed E-state index contributed by atoms with van der Waals surface area (Å²) in [5.74, 6) is -1.80. The minimum atomic E-state index is -1.22. The number of hydrogen-bond donors (Lipinski definition) is 2. The van der Waals surface area contributed by atoms with Gasteiger partial charge in [0.2, 0.25) is 0 Å². The fraction of sp³-hybridized carbons (Fsp3) is 0.190.